The Morgan fingerprint density at radius 2 is 2.06 bits per heavy atom. The molecule has 2 heteroatoms. The predicted molar refractivity (Wildman–Crippen MR) is 68.4 cm³/mol. The minimum atomic E-state index is 0.747. The molecule has 0 aromatic heterocycles. The van der Waals surface area contributed by atoms with Crippen molar-refractivity contribution in [1.82, 2.24) is 4.90 Å². The molecule has 1 aliphatic heterocycles. The lowest BCUT2D eigenvalue weighted by Gasteiger charge is -2.15. The normalized spacial score (nSPS) is 21.4. The van der Waals surface area contributed by atoms with Gasteiger partial charge in [0.05, 0.1) is 0 Å². The van der Waals surface area contributed by atoms with Crippen LogP contribution in [0.3, 0.4) is 0 Å². The Bertz CT molecular complexity index is 297. The van der Waals surface area contributed by atoms with E-state index < -0.39 is 0 Å². The lowest BCUT2D eigenvalue weighted by molar-refractivity contribution is 0.321. The summed E-state index contributed by atoms with van der Waals surface area (Å²) < 4.78 is 0. The summed E-state index contributed by atoms with van der Waals surface area (Å²) >= 11 is 0. The van der Waals surface area contributed by atoms with Crippen molar-refractivity contribution in [2.75, 3.05) is 26.2 Å². The van der Waals surface area contributed by atoms with Crippen molar-refractivity contribution < 1.29 is 0 Å². The summed E-state index contributed by atoms with van der Waals surface area (Å²) in [6, 6.07) is 10.8. The second-order valence-electron chi connectivity index (χ2n) is 4.78. The SMILES string of the molecule is NCC1CCN(CCCc2ccccc2)C1. The van der Waals surface area contributed by atoms with Gasteiger partial charge >= 0.3 is 0 Å². The Morgan fingerprint density at radius 3 is 2.75 bits per heavy atom. The van der Waals surface area contributed by atoms with Crippen molar-refractivity contribution in [2.45, 2.75) is 19.3 Å². The van der Waals surface area contributed by atoms with Crippen molar-refractivity contribution in [3.63, 3.8) is 0 Å². The Labute approximate surface area is 98.4 Å². The van der Waals surface area contributed by atoms with Gasteiger partial charge in [-0.05, 0) is 50.4 Å². The van der Waals surface area contributed by atoms with E-state index in [1.807, 2.05) is 0 Å². The number of nitrogens with zero attached hydrogens (tertiary/aromatic N) is 1. The molecule has 1 aromatic rings. The molecule has 0 aliphatic carbocycles. The maximum absolute atomic E-state index is 5.69. The summed E-state index contributed by atoms with van der Waals surface area (Å²) in [5, 5.41) is 0. The van der Waals surface area contributed by atoms with Gasteiger partial charge in [-0.25, -0.2) is 0 Å². The third-order valence-corrected chi connectivity index (χ3v) is 3.49. The molecule has 0 spiro atoms. The number of aryl methyl sites for hydroxylation is 1. The Morgan fingerprint density at radius 1 is 1.25 bits per heavy atom. The molecule has 1 aliphatic rings. The van der Waals surface area contributed by atoms with Gasteiger partial charge in [0.25, 0.3) is 0 Å². The fourth-order valence-electron chi connectivity index (χ4n) is 2.46. The van der Waals surface area contributed by atoms with E-state index in [-0.39, 0.29) is 0 Å². The third-order valence-electron chi connectivity index (χ3n) is 3.49. The molecule has 1 atom stereocenters. The van der Waals surface area contributed by atoms with Crippen LogP contribution in [0.4, 0.5) is 0 Å². The highest BCUT2D eigenvalue weighted by Crippen LogP contribution is 2.15. The standard InChI is InChI=1S/C14H22N2/c15-11-14-8-10-16(12-14)9-4-7-13-5-2-1-3-6-13/h1-3,5-6,14H,4,7-12,15H2. The first-order chi connectivity index (χ1) is 7.88. The monoisotopic (exact) mass is 218 g/mol. The summed E-state index contributed by atoms with van der Waals surface area (Å²) in [4.78, 5) is 2.56. The van der Waals surface area contributed by atoms with E-state index in [4.69, 9.17) is 5.73 Å². The molecule has 1 aromatic carbocycles. The van der Waals surface area contributed by atoms with E-state index in [2.05, 4.69) is 35.2 Å². The number of nitrogens with two attached hydrogens (primary N) is 1. The highest BCUT2D eigenvalue weighted by molar-refractivity contribution is 5.14. The maximum Gasteiger partial charge on any atom is 0.00222 e. The number of benzene rings is 1. The zero-order chi connectivity index (χ0) is 11.2. The van der Waals surface area contributed by atoms with E-state index in [0.29, 0.717) is 0 Å². The van der Waals surface area contributed by atoms with Crippen LogP contribution < -0.4 is 5.73 Å². The van der Waals surface area contributed by atoms with Gasteiger partial charge in [-0.3, -0.25) is 0 Å². The summed E-state index contributed by atoms with van der Waals surface area (Å²) in [5.41, 5.74) is 7.14. The highest BCUT2D eigenvalue weighted by Gasteiger charge is 2.20. The number of hydrogen-bond donors (Lipinski definition) is 1. The molecule has 0 bridgehead atoms. The van der Waals surface area contributed by atoms with Crippen LogP contribution in [0.2, 0.25) is 0 Å². The lowest BCUT2D eigenvalue weighted by atomic mass is 10.1. The minimum absolute atomic E-state index is 0.747. The van der Waals surface area contributed by atoms with Gasteiger partial charge in [-0.1, -0.05) is 30.3 Å². The second-order valence-corrected chi connectivity index (χ2v) is 4.78. The number of likely N-dealkylation sites (tertiary alicyclic amines) is 1. The molecule has 88 valence electrons. The van der Waals surface area contributed by atoms with Crippen LogP contribution in [0.15, 0.2) is 30.3 Å². The van der Waals surface area contributed by atoms with Crippen molar-refractivity contribution in [3.05, 3.63) is 35.9 Å². The van der Waals surface area contributed by atoms with Gasteiger partial charge < -0.3 is 10.6 Å². The van der Waals surface area contributed by atoms with E-state index in [1.165, 1.54) is 44.5 Å². The van der Waals surface area contributed by atoms with E-state index in [0.717, 1.165) is 12.5 Å². The first-order valence-corrected chi connectivity index (χ1v) is 6.35. The molecule has 1 heterocycles. The summed E-state index contributed by atoms with van der Waals surface area (Å²) in [5.74, 6) is 0.747. The Balaban J connectivity index is 1.65. The van der Waals surface area contributed by atoms with Crippen molar-refractivity contribution >= 4 is 0 Å². The van der Waals surface area contributed by atoms with Gasteiger partial charge in [0.15, 0.2) is 0 Å². The van der Waals surface area contributed by atoms with Gasteiger partial charge in [-0.15, -0.1) is 0 Å². The zero-order valence-corrected chi connectivity index (χ0v) is 9.94. The quantitative estimate of drug-likeness (QED) is 0.818. The zero-order valence-electron chi connectivity index (χ0n) is 9.94. The van der Waals surface area contributed by atoms with E-state index in [1.54, 1.807) is 0 Å². The largest absolute Gasteiger partial charge is 0.330 e. The van der Waals surface area contributed by atoms with Gasteiger partial charge in [-0.2, -0.15) is 0 Å². The fraction of sp³-hybridized carbons (Fsp3) is 0.571. The predicted octanol–water partition coefficient (Wildman–Crippen LogP) is 1.90. The molecule has 0 saturated carbocycles. The first kappa shape index (κ1) is 11.6. The molecule has 1 saturated heterocycles. The minimum Gasteiger partial charge on any atom is -0.330 e. The number of hydrogen-bond acceptors (Lipinski definition) is 2. The molecule has 1 unspecified atom stereocenters. The second kappa shape index (κ2) is 6.02. The average Bonchev–Trinajstić information content (AvgIpc) is 2.78. The Kier molecular flexibility index (Phi) is 4.37. The van der Waals surface area contributed by atoms with Gasteiger partial charge in [0, 0.05) is 6.54 Å². The topological polar surface area (TPSA) is 29.3 Å². The third kappa shape index (κ3) is 3.32. The van der Waals surface area contributed by atoms with Crippen LogP contribution in [0.5, 0.6) is 0 Å². The Hall–Kier alpha value is -0.860. The van der Waals surface area contributed by atoms with Crippen molar-refractivity contribution in [2.24, 2.45) is 11.7 Å². The van der Waals surface area contributed by atoms with Crippen LogP contribution in [0, 0.1) is 5.92 Å². The van der Waals surface area contributed by atoms with Crippen molar-refractivity contribution in [1.29, 1.82) is 0 Å². The average molecular weight is 218 g/mol. The van der Waals surface area contributed by atoms with Gasteiger partial charge in [0.1, 0.15) is 0 Å². The van der Waals surface area contributed by atoms with Crippen LogP contribution in [-0.4, -0.2) is 31.1 Å². The smallest absolute Gasteiger partial charge is 0.00222 e. The molecule has 0 radical (unpaired) electrons. The molecule has 2 N–H and O–H groups in total. The molecular weight excluding hydrogens is 196 g/mol. The first-order valence-electron chi connectivity index (χ1n) is 6.35. The molecule has 1 fully saturated rings. The summed E-state index contributed by atoms with van der Waals surface area (Å²) in [6.45, 7) is 4.54. The van der Waals surface area contributed by atoms with Gasteiger partial charge in [0.2, 0.25) is 0 Å². The molecular formula is C14H22N2. The molecule has 2 rings (SSSR count). The molecule has 0 amide bonds. The van der Waals surface area contributed by atoms with Crippen LogP contribution >= 0.6 is 0 Å². The van der Waals surface area contributed by atoms with Crippen molar-refractivity contribution in [3.8, 4) is 0 Å². The highest BCUT2D eigenvalue weighted by atomic mass is 15.1. The maximum atomic E-state index is 5.69. The van der Waals surface area contributed by atoms with Crippen LogP contribution in [0.1, 0.15) is 18.4 Å². The molecule has 2 nitrogen and oxygen atoms in total. The summed E-state index contributed by atoms with van der Waals surface area (Å²) in [6.07, 6.45) is 3.76. The molecule has 16 heavy (non-hydrogen) atoms. The lowest BCUT2D eigenvalue weighted by Crippen LogP contribution is -2.24. The van der Waals surface area contributed by atoms with E-state index in [9.17, 15) is 0 Å². The van der Waals surface area contributed by atoms with E-state index >= 15 is 0 Å². The fourth-order valence-corrected chi connectivity index (χ4v) is 2.46. The number of rotatable bonds is 5. The summed E-state index contributed by atoms with van der Waals surface area (Å²) in [7, 11) is 0. The van der Waals surface area contributed by atoms with Crippen LogP contribution in [-0.2, 0) is 6.42 Å². The van der Waals surface area contributed by atoms with Crippen LogP contribution in [0.25, 0.3) is 0 Å².